The van der Waals surface area contributed by atoms with E-state index in [1.54, 1.807) is 15.5 Å². The van der Waals surface area contributed by atoms with E-state index in [0.717, 1.165) is 0 Å². The van der Waals surface area contributed by atoms with E-state index in [4.69, 9.17) is 0 Å². The number of aromatic nitrogens is 4. The average molecular weight is 224 g/mol. The molecule has 2 aromatic heterocycles. The molecule has 9 nitrogen and oxygen atoms in total. The van der Waals surface area contributed by atoms with Crippen LogP contribution in [-0.4, -0.2) is 26.3 Å². The quantitative estimate of drug-likeness (QED) is 0.736. The standard InChI is InChI=1S/C5H4N8OS/c1-4(7-10-14-1)12-3-6-9-13(12)5-2-15-11-8-5/h1-3,9H. The molecule has 0 radical (unpaired) electrons. The summed E-state index contributed by atoms with van der Waals surface area (Å²) in [7, 11) is 0. The van der Waals surface area contributed by atoms with Crippen LogP contribution in [0, 0.1) is 0 Å². The van der Waals surface area contributed by atoms with E-state index >= 15 is 0 Å². The maximum absolute atomic E-state index is 4.64. The number of nitrogens with one attached hydrogen (secondary N) is 1. The summed E-state index contributed by atoms with van der Waals surface area (Å²) < 4.78 is 8.39. The lowest BCUT2D eigenvalue weighted by Gasteiger charge is -2.22. The number of anilines is 2. The number of rotatable bonds is 2. The van der Waals surface area contributed by atoms with Gasteiger partial charge in [0.2, 0.25) is 11.6 Å². The van der Waals surface area contributed by atoms with Gasteiger partial charge in [0.05, 0.1) is 5.38 Å². The molecule has 0 aliphatic carbocycles. The number of hydrazone groups is 1. The zero-order valence-corrected chi connectivity index (χ0v) is 8.00. The zero-order valence-electron chi connectivity index (χ0n) is 7.18. The number of hydrazine groups is 2. The maximum Gasteiger partial charge on any atom is 0.218 e. The van der Waals surface area contributed by atoms with Crippen molar-refractivity contribution in [3.8, 4) is 0 Å². The van der Waals surface area contributed by atoms with E-state index in [0.29, 0.717) is 11.6 Å². The van der Waals surface area contributed by atoms with E-state index in [-0.39, 0.29) is 0 Å². The molecule has 0 bridgehead atoms. The van der Waals surface area contributed by atoms with E-state index in [1.165, 1.54) is 24.1 Å². The minimum Gasteiger partial charge on any atom is -0.343 e. The first kappa shape index (κ1) is 8.11. The van der Waals surface area contributed by atoms with Crippen LogP contribution in [0.2, 0.25) is 0 Å². The van der Waals surface area contributed by atoms with Gasteiger partial charge in [-0.05, 0) is 11.5 Å². The van der Waals surface area contributed by atoms with Gasteiger partial charge in [-0.2, -0.15) is 10.5 Å². The van der Waals surface area contributed by atoms with Crippen molar-refractivity contribution in [3.63, 3.8) is 0 Å². The van der Waals surface area contributed by atoms with Crippen LogP contribution >= 0.6 is 11.5 Å². The first-order chi connectivity index (χ1) is 7.45. The summed E-state index contributed by atoms with van der Waals surface area (Å²) in [5.41, 5.74) is 2.72. The second-order valence-corrected chi connectivity index (χ2v) is 3.14. The van der Waals surface area contributed by atoms with E-state index in [9.17, 15) is 0 Å². The first-order valence-electron chi connectivity index (χ1n) is 3.87. The fraction of sp³-hybridized carbons (Fsp3) is 0. The van der Waals surface area contributed by atoms with Crippen LogP contribution < -0.4 is 15.7 Å². The first-order valence-corrected chi connectivity index (χ1v) is 4.71. The summed E-state index contributed by atoms with van der Waals surface area (Å²) in [6.07, 6.45) is 2.92. The number of nitrogens with zero attached hydrogens (tertiary/aromatic N) is 7. The van der Waals surface area contributed by atoms with Crippen molar-refractivity contribution in [1.82, 2.24) is 25.5 Å². The molecule has 3 heterocycles. The van der Waals surface area contributed by atoms with Crippen LogP contribution in [0.4, 0.5) is 11.6 Å². The van der Waals surface area contributed by atoms with Gasteiger partial charge in [-0.25, -0.2) is 0 Å². The maximum atomic E-state index is 4.64. The fourth-order valence-corrected chi connectivity index (χ4v) is 1.49. The number of hydrogen-bond donors (Lipinski definition) is 1. The van der Waals surface area contributed by atoms with Crippen molar-refractivity contribution in [2.75, 3.05) is 10.1 Å². The van der Waals surface area contributed by atoms with Gasteiger partial charge in [-0.3, -0.25) is 0 Å². The van der Waals surface area contributed by atoms with E-state index in [2.05, 4.69) is 35.1 Å². The van der Waals surface area contributed by atoms with Gasteiger partial charge in [0.1, 0.15) is 6.34 Å². The topological polar surface area (TPSA) is 95.6 Å². The molecule has 0 saturated carbocycles. The molecular formula is C5H4N8OS. The summed E-state index contributed by atoms with van der Waals surface area (Å²) in [5.74, 6) is 1.11. The third-order valence-electron chi connectivity index (χ3n) is 1.68. The van der Waals surface area contributed by atoms with Crippen LogP contribution in [0.15, 0.2) is 21.3 Å². The van der Waals surface area contributed by atoms with E-state index in [1.807, 2.05) is 0 Å². The van der Waals surface area contributed by atoms with Crippen LogP contribution in [0.3, 0.4) is 0 Å². The molecule has 0 unspecified atom stereocenters. The highest BCUT2D eigenvalue weighted by Gasteiger charge is 2.24. The lowest BCUT2D eigenvalue weighted by Crippen LogP contribution is -2.43. The average Bonchev–Trinajstić information content (AvgIpc) is 3.01. The molecule has 10 heteroatoms. The Labute approximate surface area is 87.1 Å². The Morgan fingerprint density at radius 3 is 3.07 bits per heavy atom. The zero-order chi connectivity index (χ0) is 10.1. The highest BCUT2D eigenvalue weighted by Crippen LogP contribution is 2.18. The summed E-state index contributed by atoms with van der Waals surface area (Å²) in [6.45, 7) is 0. The fourth-order valence-electron chi connectivity index (χ4n) is 1.07. The predicted octanol–water partition coefficient (Wildman–Crippen LogP) is -0.389. The summed E-state index contributed by atoms with van der Waals surface area (Å²) >= 11 is 1.24. The van der Waals surface area contributed by atoms with Crippen molar-refractivity contribution < 1.29 is 4.52 Å². The molecule has 0 fully saturated rings. The Kier molecular flexibility index (Phi) is 1.71. The smallest absolute Gasteiger partial charge is 0.218 e. The van der Waals surface area contributed by atoms with Gasteiger partial charge >= 0.3 is 0 Å². The second kappa shape index (κ2) is 3.16. The Morgan fingerprint density at radius 2 is 2.33 bits per heavy atom. The Balaban J connectivity index is 1.92. The Hall–Kier alpha value is -2.23. The Bertz CT molecular complexity index is 451. The third kappa shape index (κ3) is 1.27. The summed E-state index contributed by atoms with van der Waals surface area (Å²) in [5, 5.41) is 19.8. The van der Waals surface area contributed by atoms with Crippen LogP contribution in [-0.2, 0) is 0 Å². The highest BCUT2D eigenvalue weighted by atomic mass is 32.1. The molecule has 0 aromatic carbocycles. The lowest BCUT2D eigenvalue weighted by molar-refractivity contribution is 0.393. The SMILES string of the molecule is C1=NNN(c2csnn2)N1c1conn1. The number of hydrogen-bond acceptors (Lipinski definition) is 10. The molecule has 3 rings (SSSR count). The Morgan fingerprint density at radius 1 is 1.33 bits per heavy atom. The van der Waals surface area contributed by atoms with Crippen molar-refractivity contribution in [1.29, 1.82) is 0 Å². The van der Waals surface area contributed by atoms with Gasteiger partial charge in [0.15, 0.2) is 6.26 Å². The van der Waals surface area contributed by atoms with Crippen LogP contribution in [0.5, 0.6) is 0 Å². The molecule has 2 aromatic rings. The molecule has 1 N–H and O–H groups in total. The molecule has 0 saturated heterocycles. The van der Waals surface area contributed by atoms with Gasteiger partial charge < -0.3 is 4.52 Å². The highest BCUT2D eigenvalue weighted by molar-refractivity contribution is 7.03. The minimum atomic E-state index is 0.497. The monoisotopic (exact) mass is 224 g/mol. The lowest BCUT2D eigenvalue weighted by atomic mass is 10.7. The molecule has 0 spiro atoms. The third-order valence-corrected chi connectivity index (χ3v) is 2.18. The normalized spacial score (nSPS) is 14.7. The molecule has 1 aliphatic rings. The summed E-state index contributed by atoms with van der Waals surface area (Å²) in [4.78, 5) is 0. The molecule has 0 amide bonds. The van der Waals surface area contributed by atoms with Crippen LogP contribution in [0.25, 0.3) is 0 Å². The largest absolute Gasteiger partial charge is 0.343 e. The van der Waals surface area contributed by atoms with Crippen LogP contribution in [0.1, 0.15) is 0 Å². The molecule has 1 aliphatic heterocycles. The molecule has 76 valence electrons. The van der Waals surface area contributed by atoms with Crippen molar-refractivity contribution in [2.45, 2.75) is 0 Å². The summed E-state index contributed by atoms with van der Waals surface area (Å²) in [6, 6.07) is 0. The van der Waals surface area contributed by atoms with Gasteiger partial charge in [-0.1, -0.05) is 9.59 Å². The second-order valence-electron chi connectivity index (χ2n) is 2.53. The van der Waals surface area contributed by atoms with Gasteiger partial charge in [-0.15, -0.1) is 15.3 Å². The van der Waals surface area contributed by atoms with Crippen molar-refractivity contribution in [2.24, 2.45) is 5.10 Å². The molecule has 0 atom stereocenters. The molecular weight excluding hydrogens is 220 g/mol. The van der Waals surface area contributed by atoms with Gasteiger partial charge in [0.25, 0.3) is 0 Å². The van der Waals surface area contributed by atoms with Gasteiger partial charge in [0, 0.05) is 5.27 Å². The van der Waals surface area contributed by atoms with Crippen molar-refractivity contribution in [3.05, 3.63) is 11.6 Å². The molecule has 15 heavy (non-hydrogen) atoms. The van der Waals surface area contributed by atoms with E-state index < -0.39 is 0 Å². The van der Waals surface area contributed by atoms with Crippen molar-refractivity contribution >= 4 is 29.5 Å². The minimum absolute atomic E-state index is 0.497. The predicted molar refractivity (Wildman–Crippen MR) is 50.8 cm³/mol.